The van der Waals surface area contributed by atoms with Gasteiger partial charge in [0.25, 0.3) is 0 Å². The lowest BCUT2D eigenvalue weighted by molar-refractivity contribution is 0.180. The summed E-state index contributed by atoms with van der Waals surface area (Å²) < 4.78 is 0. The zero-order chi connectivity index (χ0) is 13.1. The lowest BCUT2D eigenvalue weighted by atomic mass is 9.99. The monoisotopic (exact) mass is 260 g/mol. The maximum atomic E-state index is 12.0. The topological polar surface area (TPSA) is 57.3 Å². The average Bonchev–Trinajstić information content (AvgIpc) is 2.83. The molecular formula is C14H20N4O. The van der Waals surface area contributed by atoms with Crippen LogP contribution in [0.5, 0.6) is 0 Å². The van der Waals surface area contributed by atoms with Crippen LogP contribution < -0.4 is 10.6 Å². The van der Waals surface area contributed by atoms with Crippen molar-refractivity contribution in [3.05, 3.63) is 24.4 Å². The van der Waals surface area contributed by atoms with Crippen molar-refractivity contribution in [1.82, 2.24) is 15.2 Å². The maximum absolute atomic E-state index is 12.0. The summed E-state index contributed by atoms with van der Waals surface area (Å²) >= 11 is 0. The van der Waals surface area contributed by atoms with Gasteiger partial charge in [-0.3, -0.25) is 10.2 Å². The van der Waals surface area contributed by atoms with Crippen LogP contribution in [0.2, 0.25) is 0 Å². The Labute approximate surface area is 113 Å². The van der Waals surface area contributed by atoms with Gasteiger partial charge in [0.1, 0.15) is 5.82 Å². The van der Waals surface area contributed by atoms with E-state index in [1.54, 1.807) is 12.3 Å². The van der Waals surface area contributed by atoms with Gasteiger partial charge in [-0.1, -0.05) is 12.5 Å². The molecule has 2 saturated heterocycles. The third-order valence-corrected chi connectivity index (χ3v) is 4.08. The first-order chi connectivity index (χ1) is 9.33. The predicted molar refractivity (Wildman–Crippen MR) is 74.0 cm³/mol. The predicted octanol–water partition coefficient (Wildman–Crippen LogP) is 1.83. The van der Waals surface area contributed by atoms with Crippen LogP contribution in [0.4, 0.5) is 10.6 Å². The Bertz CT molecular complexity index is 436. The average molecular weight is 260 g/mol. The van der Waals surface area contributed by atoms with Gasteiger partial charge in [0, 0.05) is 24.8 Å². The van der Waals surface area contributed by atoms with Crippen molar-refractivity contribution in [1.29, 1.82) is 0 Å². The SMILES string of the molecule is O=C(Nc1ccccn1)NC1CCN2CCCCC12. The number of nitrogens with one attached hydrogen (secondary N) is 2. The summed E-state index contributed by atoms with van der Waals surface area (Å²) in [5, 5.41) is 5.88. The number of anilines is 1. The second-order valence-corrected chi connectivity index (χ2v) is 5.31. The molecule has 1 aromatic rings. The third kappa shape index (κ3) is 2.87. The molecule has 2 N–H and O–H groups in total. The number of carbonyl (C=O) groups is 1. The third-order valence-electron chi connectivity index (χ3n) is 4.08. The van der Waals surface area contributed by atoms with E-state index in [4.69, 9.17) is 0 Å². The zero-order valence-electron chi connectivity index (χ0n) is 11.0. The van der Waals surface area contributed by atoms with Crippen molar-refractivity contribution in [2.24, 2.45) is 0 Å². The van der Waals surface area contributed by atoms with E-state index < -0.39 is 0 Å². The fourth-order valence-corrected chi connectivity index (χ4v) is 3.17. The number of hydrogen-bond acceptors (Lipinski definition) is 3. The van der Waals surface area contributed by atoms with Crippen LogP contribution >= 0.6 is 0 Å². The highest BCUT2D eigenvalue weighted by atomic mass is 16.2. The van der Waals surface area contributed by atoms with Crippen LogP contribution in [0.25, 0.3) is 0 Å². The first-order valence-corrected chi connectivity index (χ1v) is 7.05. The molecule has 2 unspecified atom stereocenters. The normalized spacial score (nSPS) is 26.7. The van der Waals surface area contributed by atoms with Crippen molar-refractivity contribution in [3.63, 3.8) is 0 Å². The Morgan fingerprint density at radius 3 is 3.05 bits per heavy atom. The second-order valence-electron chi connectivity index (χ2n) is 5.31. The first kappa shape index (κ1) is 12.4. The zero-order valence-corrected chi connectivity index (χ0v) is 11.0. The summed E-state index contributed by atoms with van der Waals surface area (Å²) in [6, 6.07) is 6.16. The van der Waals surface area contributed by atoms with Gasteiger partial charge < -0.3 is 5.32 Å². The van der Waals surface area contributed by atoms with Gasteiger partial charge in [-0.15, -0.1) is 0 Å². The molecule has 2 fully saturated rings. The number of rotatable bonds is 2. The van der Waals surface area contributed by atoms with E-state index in [1.165, 1.54) is 25.8 Å². The van der Waals surface area contributed by atoms with Gasteiger partial charge in [-0.25, -0.2) is 9.78 Å². The minimum absolute atomic E-state index is 0.142. The molecule has 102 valence electrons. The highest BCUT2D eigenvalue weighted by Crippen LogP contribution is 2.27. The van der Waals surface area contributed by atoms with Gasteiger partial charge in [-0.2, -0.15) is 0 Å². The highest BCUT2D eigenvalue weighted by molar-refractivity contribution is 5.88. The molecule has 19 heavy (non-hydrogen) atoms. The summed E-state index contributed by atoms with van der Waals surface area (Å²) in [6.07, 6.45) is 6.51. The number of urea groups is 1. The molecule has 0 aliphatic carbocycles. The van der Waals surface area contributed by atoms with Gasteiger partial charge in [0.05, 0.1) is 0 Å². The van der Waals surface area contributed by atoms with Gasteiger partial charge in [-0.05, 0) is 37.9 Å². The van der Waals surface area contributed by atoms with Gasteiger partial charge in [0.15, 0.2) is 0 Å². The van der Waals surface area contributed by atoms with Crippen molar-refractivity contribution in [2.75, 3.05) is 18.4 Å². The quantitative estimate of drug-likeness (QED) is 0.853. The van der Waals surface area contributed by atoms with Gasteiger partial charge >= 0.3 is 6.03 Å². The summed E-state index contributed by atoms with van der Waals surface area (Å²) in [7, 11) is 0. The number of pyridine rings is 1. The smallest absolute Gasteiger partial charge is 0.320 e. The lowest BCUT2D eigenvalue weighted by Gasteiger charge is -2.32. The van der Waals surface area contributed by atoms with Crippen LogP contribution in [0.1, 0.15) is 25.7 Å². The molecule has 0 spiro atoms. The minimum Gasteiger partial charge on any atom is -0.333 e. The number of carbonyl (C=O) groups excluding carboxylic acids is 1. The summed E-state index contributed by atoms with van der Waals surface area (Å²) in [4.78, 5) is 18.6. The number of aromatic nitrogens is 1. The van der Waals surface area contributed by atoms with Crippen molar-refractivity contribution >= 4 is 11.8 Å². The molecule has 3 heterocycles. The maximum Gasteiger partial charge on any atom is 0.320 e. The van der Waals surface area contributed by atoms with Gasteiger partial charge in [0.2, 0.25) is 0 Å². The Hall–Kier alpha value is -1.62. The molecule has 0 bridgehead atoms. The van der Waals surface area contributed by atoms with E-state index >= 15 is 0 Å². The summed E-state index contributed by atoms with van der Waals surface area (Å²) in [5.41, 5.74) is 0. The van der Waals surface area contributed by atoms with E-state index in [9.17, 15) is 4.79 Å². The number of nitrogens with zero attached hydrogens (tertiary/aromatic N) is 2. The van der Waals surface area contributed by atoms with Crippen molar-refractivity contribution in [2.45, 2.75) is 37.8 Å². The molecule has 2 aliphatic rings. The van der Waals surface area contributed by atoms with Crippen LogP contribution in [-0.4, -0.2) is 41.1 Å². The molecule has 0 radical (unpaired) electrons. The molecule has 5 heteroatoms. The number of piperidine rings is 1. The second kappa shape index (κ2) is 5.57. The van der Waals surface area contributed by atoms with Crippen LogP contribution in [0.15, 0.2) is 24.4 Å². The van der Waals surface area contributed by atoms with E-state index in [1.807, 2.05) is 12.1 Å². The van der Waals surface area contributed by atoms with E-state index in [2.05, 4.69) is 20.5 Å². The fourth-order valence-electron chi connectivity index (χ4n) is 3.17. The summed E-state index contributed by atoms with van der Waals surface area (Å²) in [6.45, 7) is 2.30. The number of hydrogen-bond donors (Lipinski definition) is 2. The highest BCUT2D eigenvalue weighted by Gasteiger charge is 2.36. The standard InChI is InChI=1S/C14H20N4O/c19-14(17-13-6-1-3-8-15-13)16-11-7-10-18-9-4-2-5-12(11)18/h1,3,6,8,11-12H,2,4-5,7,9-10H2,(H2,15,16,17,19). The van der Waals surface area contributed by atoms with Crippen LogP contribution in [0, 0.1) is 0 Å². The van der Waals surface area contributed by atoms with Crippen molar-refractivity contribution in [3.8, 4) is 0 Å². The van der Waals surface area contributed by atoms with E-state index in [0.29, 0.717) is 11.9 Å². The van der Waals surface area contributed by atoms with E-state index in [-0.39, 0.29) is 12.1 Å². The molecule has 2 atom stereocenters. The molecule has 2 aliphatic heterocycles. The Balaban J connectivity index is 1.55. The molecule has 1 aromatic heterocycles. The number of amides is 2. The van der Waals surface area contributed by atoms with Crippen molar-refractivity contribution < 1.29 is 4.79 Å². The number of fused-ring (bicyclic) bond motifs is 1. The fraction of sp³-hybridized carbons (Fsp3) is 0.571. The molecular weight excluding hydrogens is 240 g/mol. The minimum atomic E-state index is -0.142. The Morgan fingerprint density at radius 2 is 2.21 bits per heavy atom. The first-order valence-electron chi connectivity index (χ1n) is 7.05. The Morgan fingerprint density at radius 1 is 1.26 bits per heavy atom. The molecule has 3 rings (SSSR count). The molecule has 5 nitrogen and oxygen atoms in total. The summed E-state index contributed by atoms with van der Waals surface area (Å²) in [5.74, 6) is 0.596. The Kier molecular flexibility index (Phi) is 3.64. The van der Waals surface area contributed by atoms with Crippen LogP contribution in [0.3, 0.4) is 0 Å². The van der Waals surface area contributed by atoms with Crippen LogP contribution in [-0.2, 0) is 0 Å². The molecule has 0 aromatic carbocycles. The lowest BCUT2D eigenvalue weighted by Crippen LogP contribution is -2.48. The largest absolute Gasteiger partial charge is 0.333 e. The molecule has 0 saturated carbocycles. The molecule has 2 amide bonds. The van der Waals surface area contributed by atoms with E-state index in [0.717, 1.165) is 13.0 Å².